The van der Waals surface area contributed by atoms with Gasteiger partial charge in [0.05, 0.1) is 10.9 Å². The van der Waals surface area contributed by atoms with Crippen LogP contribution in [-0.4, -0.2) is 56.4 Å². The lowest BCUT2D eigenvalue weighted by molar-refractivity contribution is 0.0483. The van der Waals surface area contributed by atoms with Crippen LogP contribution in [0, 0.1) is 0 Å². The van der Waals surface area contributed by atoms with Crippen molar-refractivity contribution >= 4 is 38.9 Å². The number of carbonyl (C=O) groups excluding carboxylic acids is 1. The van der Waals surface area contributed by atoms with Crippen molar-refractivity contribution in [1.82, 2.24) is 9.21 Å². The van der Waals surface area contributed by atoms with Crippen molar-refractivity contribution < 1.29 is 22.4 Å². The largest absolute Gasteiger partial charge is 0.460 e. The Morgan fingerprint density at radius 3 is 2.58 bits per heavy atom. The van der Waals surface area contributed by atoms with E-state index >= 15 is 0 Å². The zero-order valence-corrected chi connectivity index (χ0v) is 16.6. The average molecular weight is 419 g/mol. The van der Waals surface area contributed by atoms with Crippen LogP contribution in [-0.2, 0) is 21.3 Å². The number of hydrogen-bond donors (Lipinski definition) is 0. The Morgan fingerprint density at radius 1 is 1.23 bits per heavy atom. The third-order valence-corrected chi connectivity index (χ3v) is 6.98. The molecule has 7 nitrogen and oxygen atoms in total. The van der Waals surface area contributed by atoms with E-state index in [-0.39, 0.29) is 17.5 Å². The van der Waals surface area contributed by atoms with Crippen LogP contribution in [0.25, 0.3) is 0 Å². The van der Waals surface area contributed by atoms with Crippen molar-refractivity contribution in [3.8, 4) is 0 Å². The number of nitrogens with zero attached hydrogens (tertiary/aromatic N) is 2. The number of sulfonamides is 1. The molecule has 2 aromatic rings. The van der Waals surface area contributed by atoms with Gasteiger partial charge >= 0.3 is 5.97 Å². The molecule has 142 valence electrons. The molecule has 0 unspecified atom stereocenters. The Morgan fingerprint density at radius 2 is 1.96 bits per heavy atom. The molecule has 0 amide bonds. The molecule has 3 rings (SSSR count). The number of carbonyl (C=O) groups is 1. The predicted octanol–water partition coefficient (Wildman–Crippen LogP) is 2.68. The fourth-order valence-corrected chi connectivity index (χ4v) is 5.15. The lowest BCUT2D eigenvalue weighted by atomic mass is 10.3. The third kappa shape index (κ3) is 4.29. The lowest BCUT2D eigenvalue weighted by Gasteiger charge is -2.33. The fourth-order valence-electron chi connectivity index (χ4n) is 2.68. The van der Waals surface area contributed by atoms with Gasteiger partial charge in [0.1, 0.15) is 0 Å². The number of halogens is 1. The molecule has 0 spiro atoms. The van der Waals surface area contributed by atoms with Crippen LogP contribution < -0.4 is 0 Å². The summed E-state index contributed by atoms with van der Waals surface area (Å²) < 4.78 is 37.5. The van der Waals surface area contributed by atoms with Gasteiger partial charge in [-0.15, -0.1) is 11.3 Å². The summed E-state index contributed by atoms with van der Waals surface area (Å²) >= 11 is 7.47. The van der Waals surface area contributed by atoms with E-state index in [2.05, 4.69) is 4.90 Å². The summed E-state index contributed by atoms with van der Waals surface area (Å²) in [4.78, 5) is 15.0. The smallest absolute Gasteiger partial charge is 0.374 e. The van der Waals surface area contributed by atoms with Crippen LogP contribution >= 0.6 is 22.9 Å². The summed E-state index contributed by atoms with van der Waals surface area (Å²) in [7, 11) is -3.77. The van der Waals surface area contributed by atoms with Gasteiger partial charge in [-0.25, -0.2) is 13.2 Å². The molecule has 1 saturated heterocycles. The first-order valence-corrected chi connectivity index (χ1v) is 10.8. The zero-order valence-electron chi connectivity index (χ0n) is 14.2. The number of piperazine rings is 1. The first kappa shape index (κ1) is 19.4. The third-order valence-electron chi connectivity index (χ3n) is 3.99. The zero-order chi connectivity index (χ0) is 18.7. The van der Waals surface area contributed by atoms with Gasteiger partial charge in [-0.1, -0.05) is 11.6 Å². The van der Waals surface area contributed by atoms with Gasteiger partial charge in [-0.2, -0.15) is 4.31 Å². The van der Waals surface area contributed by atoms with Crippen molar-refractivity contribution in [3.63, 3.8) is 0 Å². The minimum atomic E-state index is -3.77. The number of thiophene rings is 1. The summed E-state index contributed by atoms with van der Waals surface area (Å²) in [5.74, 6) is -0.785. The van der Waals surface area contributed by atoms with E-state index in [1.165, 1.54) is 27.8 Å². The van der Waals surface area contributed by atoms with Gasteiger partial charge in [0.25, 0.3) is 10.0 Å². The number of ether oxygens (including phenoxy) is 1. The maximum atomic E-state index is 12.7. The van der Waals surface area contributed by atoms with E-state index in [0.29, 0.717) is 26.2 Å². The highest BCUT2D eigenvalue weighted by atomic mass is 35.5. The van der Waals surface area contributed by atoms with Crippen LogP contribution in [0.5, 0.6) is 0 Å². The normalized spacial score (nSPS) is 16.7. The van der Waals surface area contributed by atoms with Crippen molar-refractivity contribution in [2.75, 3.05) is 32.8 Å². The molecule has 26 heavy (non-hydrogen) atoms. The van der Waals surface area contributed by atoms with E-state index in [1.54, 1.807) is 6.92 Å². The number of esters is 1. The molecule has 0 aliphatic carbocycles. The van der Waals surface area contributed by atoms with E-state index in [1.807, 2.05) is 12.1 Å². The van der Waals surface area contributed by atoms with Crippen molar-refractivity contribution in [2.45, 2.75) is 18.6 Å². The fraction of sp³-hybridized carbons (Fsp3) is 0.438. The molecule has 0 aromatic carbocycles. The van der Waals surface area contributed by atoms with Crippen LogP contribution in [0.3, 0.4) is 0 Å². The lowest BCUT2D eigenvalue weighted by Crippen LogP contribution is -2.48. The van der Waals surface area contributed by atoms with Crippen molar-refractivity contribution in [2.24, 2.45) is 0 Å². The molecule has 1 fully saturated rings. The van der Waals surface area contributed by atoms with E-state index < -0.39 is 16.0 Å². The number of furan rings is 1. The summed E-state index contributed by atoms with van der Waals surface area (Å²) in [5.41, 5.74) is 0. The Hall–Kier alpha value is -1.39. The SMILES string of the molecule is CCOC(=O)c1ccc(S(=O)(=O)N2CCN(Cc3ccc(Cl)s3)CC2)o1. The molecule has 0 bridgehead atoms. The molecule has 1 aliphatic heterocycles. The molecule has 0 N–H and O–H groups in total. The Bertz CT molecular complexity index is 869. The predicted molar refractivity (Wildman–Crippen MR) is 98.0 cm³/mol. The molecule has 2 aromatic heterocycles. The molecule has 0 atom stereocenters. The summed E-state index contributed by atoms with van der Waals surface area (Å²) in [6, 6.07) is 6.46. The molecule has 10 heteroatoms. The monoisotopic (exact) mass is 418 g/mol. The quantitative estimate of drug-likeness (QED) is 0.671. The number of rotatable bonds is 6. The van der Waals surface area contributed by atoms with Crippen molar-refractivity contribution in [1.29, 1.82) is 0 Å². The topological polar surface area (TPSA) is 80.1 Å². The van der Waals surface area contributed by atoms with E-state index in [0.717, 1.165) is 15.8 Å². The molecular formula is C16H19ClN2O5S2. The molecule has 3 heterocycles. The van der Waals surface area contributed by atoms with Crippen LogP contribution in [0.15, 0.2) is 33.8 Å². The molecular weight excluding hydrogens is 400 g/mol. The van der Waals surface area contributed by atoms with E-state index in [4.69, 9.17) is 20.8 Å². The molecule has 0 saturated carbocycles. The molecule has 0 radical (unpaired) electrons. The maximum absolute atomic E-state index is 12.7. The standard InChI is InChI=1S/C16H19ClN2O5S2/c1-2-23-16(20)13-4-6-15(24-13)26(21,22)19-9-7-18(8-10-19)11-12-3-5-14(17)25-12/h3-6H,2,7-11H2,1H3. The highest BCUT2D eigenvalue weighted by Gasteiger charge is 2.31. The van der Waals surface area contributed by atoms with Crippen molar-refractivity contribution in [3.05, 3.63) is 39.2 Å². The Balaban J connectivity index is 1.61. The van der Waals surface area contributed by atoms with Gasteiger partial charge < -0.3 is 9.15 Å². The van der Waals surface area contributed by atoms with Gasteiger partial charge in [0.2, 0.25) is 10.9 Å². The van der Waals surface area contributed by atoms with Gasteiger partial charge in [-0.05, 0) is 31.2 Å². The van der Waals surface area contributed by atoms with Gasteiger partial charge in [0.15, 0.2) is 0 Å². The minimum absolute atomic E-state index is 0.112. The first-order chi connectivity index (χ1) is 12.4. The maximum Gasteiger partial charge on any atom is 0.374 e. The van der Waals surface area contributed by atoms with Crippen LogP contribution in [0.1, 0.15) is 22.4 Å². The second-order valence-electron chi connectivity index (χ2n) is 5.73. The first-order valence-electron chi connectivity index (χ1n) is 8.14. The highest BCUT2D eigenvalue weighted by Crippen LogP contribution is 2.24. The summed E-state index contributed by atoms with van der Waals surface area (Å²) in [6.45, 7) is 4.55. The second-order valence-corrected chi connectivity index (χ2v) is 9.39. The van der Waals surface area contributed by atoms with E-state index in [9.17, 15) is 13.2 Å². The summed E-state index contributed by atoms with van der Waals surface area (Å²) in [5, 5.41) is -0.237. The van der Waals surface area contributed by atoms with Gasteiger partial charge in [-0.3, -0.25) is 4.90 Å². The van der Waals surface area contributed by atoms with Crippen LogP contribution in [0.4, 0.5) is 0 Å². The van der Waals surface area contributed by atoms with Gasteiger partial charge in [0, 0.05) is 37.6 Å². The molecule has 1 aliphatic rings. The number of hydrogen-bond acceptors (Lipinski definition) is 7. The highest BCUT2D eigenvalue weighted by molar-refractivity contribution is 7.89. The average Bonchev–Trinajstić information content (AvgIpc) is 3.25. The Labute approximate surface area is 161 Å². The minimum Gasteiger partial charge on any atom is -0.460 e. The second kappa shape index (κ2) is 8.10. The van der Waals surface area contributed by atoms with Crippen LogP contribution in [0.2, 0.25) is 4.34 Å². The Kier molecular flexibility index (Phi) is 6.03. The summed E-state index contributed by atoms with van der Waals surface area (Å²) in [6.07, 6.45) is 0.